The quantitative estimate of drug-likeness (QED) is 0.412. The fourth-order valence-electron chi connectivity index (χ4n) is 3.29. The first-order valence-electron chi connectivity index (χ1n) is 10.6. The molecule has 0 spiro atoms. The predicted molar refractivity (Wildman–Crippen MR) is 117 cm³/mol. The van der Waals surface area contributed by atoms with Crippen LogP contribution in [0.3, 0.4) is 0 Å². The zero-order chi connectivity index (χ0) is 23.1. The number of carbonyl (C=O) groups excluding carboxylic acids is 2. The summed E-state index contributed by atoms with van der Waals surface area (Å²) >= 11 is 0. The van der Waals surface area contributed by atoms with Crippen LogP contribution in [-0.2, 0) is 14.3 Å². The Morgan fingerprint density at radius 3 is 2.34 bits per heavy atom. The van der Waals surface area contributed by atoms with Gasteiger partial charge in [-0.05, 0) is 49.6 Å². The smallest absolute Gasteiger partial charge is 0.278 e. The van der Waals surface area contributed by atoms with Crippen molar-refractivity contribution in [3.63, 3.8) is 0 Å². The number of nitrogens with zero attached hydrogens (tertiary/aromatic N) is 1. The van der Waals surface area contributed by atoms with E-state index in [2.05, 4.69) is 5.32 Å². The van der Waals surface area contributed by atoms with E-state index in [9.17, 15) is 18.4 Å². The molecular weight excluding hydrogens is 418 g/mol. The molecule has 0 saturated carbocycles. The second-order valence-electron chi connectivity index (χ2n) is 7.19. The van der Waals surface area contributed by atoms with Crippen LogP contribution >= 0.6 is 0 Å². The van der Waals surface area contributed by atoms with Gasteiger partial charge in [-0.2, -0.15) is 0 Å². The van der Waals surface area contributed by atoms with Crippen molar-refractivity contribution in [2.45, 2.75) is 26.7 Å². The number of ether oxygens (including phenoxy) is 2. The van der Waals surface area contributed by atoms with Crippen LogP contribution in [-0.4, -0.2) is 43.1 Å². The normalized spacial score (nSPS) is 13.8. The average Bonchev–Trinajstić information content (AvgIpc) is 3.02. The molecule has 0 atom stereocenters. The highest BCUT2D eigenvalue weighted by Gasteiger charge is 2.39. The van der Waals surface area contributed by atoms with Gasteiger partial charge in [0.05, 0.1) is 12.2 Å². The number of amides is 2. The summed E-state index contributed by atoms with van der Waals surface area (Å²) in [6.07, 6.45) is 1.35. The van der Waals surface area contributed by atoms with E-state index < -0.39 is 23.4 Å². The molecule has 8 heteroatoms. The number of benzene rings is 2. The van der Waals surface area contributed by atoms with Crippen molar-refractivity contribution in [2.24, 2.45) is 0 Å². The predicted octanol–water partition coefficient (Wildman–Crippen LogP) is 4.37. The second kappa shape index (κ2) is 10.9. The molecule has 170 valence electrons. The van der Waals surface area contributed by atoms with Crippen LogP contribution in [0.15, 0.2) is 48.2 Å². The maximum Gasteiger partial charge on any atom is 0.278 e. The lowest BCUT2D eigenvalue weighted by Gasteiger charge is -2.15. The molecule has 2 aromatic rings. The Morgan fingerprint density at radius 2 is 1.69 bits per heavy atom. The molecule has 1 heterocycles. The average molecular weight is 444 g/mol. The van der Waals surface area contributed by atoms with Gasteiger partial charge in [0.25, 0.3) is 11.8 Å². The van der Waals surface area contributed by atoms with E-state index in [1.165, 1.54) is 6.07 Å². The van der Waals surface area contributed by atoms with Crippen LogP contribution in [0.4, 0.5) is 14.5 Å². The molecule has 1 aliphatic heterocycles. The topological polar surface area (TPSA) is 67.9 Å². The first kappa shape index (κ1) is 23.4. The molecule has 0 aromatic heterocycles. The highest BCUT2D eigenvalue weighted by atomic mass is 19.2. The van der Waals surface area contributed by atoms with Crippen LogP contribution in [0.1, 0.15) is 32.3 Å². The zero-order valence-corrected chi connectivity index (χ0v) is 18.1. The Balaban J connectivity index is 1.92. The third-order valence-electron chi connectivity index (χ3n) is 4.85. The van der Waals surface area contributed by atoms with Gasteiger partial charge in [-0.15, -0.1) is 0 Å². The van der Waals surface area contributed by atoms with Crippen molar-refractivity contribution in [1.29, 1.82) is 0 Å². The third kappa shape index (κ3) is 5.31. The number of halogens is 2. The maximum absolute atomic E-state index is 13.7. The summed E-state index contributed by atoms with van der Waals surface area (Å²) in [5.74, 6) is -2.40. The number of hydrogen-bond donors (Lipinski definition) is 1. The summed E-state index contributed by atoms with van der Waals surface area (Å²) < 4.78 is 37.9. The molecule has 0 aliphatic carbocycles. The van der Waals surface area contributed by atoms with Gasteiger partial charge in [-0.1, -0.05) is 19.1 Å². The van der Waals surface area contributed by atoms with E-state index in [4.69, 9.17) is 9.47 Å². The maximum atomic E-state index is 13.7. The van der Waals surface area contributed by atoms with Gasteiger partial charge in [-0.3, -0.25) is 14.5 Å². The fraction of sp³-hybridized carbons (Fsp3) is 0.333. The minimum absolute atomic E-state index is 0.0136. The highest BCUT2D eigenvalue weighted by Crippen LogP contribution is 2.32. The van der Waals surface area contributed by atoms with E-state index in [1.54, 1.807) is 24.3 Å². The summed E-state index contributed by atoms with van der Waals surface area (Å²) in [5.41, 5.74) is 0.860. The van der Waals surface area contributed by atoms with Gasteiger partial charge < -0.3 is 14.8 Å². The van der Waals surface area contributed by atoms with E-state index in [-0.39, 0.29) is 23.5 Å². The third-order valence-corrected chi connectivity index (χ3v) is 4.85. The Bertz CT molecular complexity index is 1010. The number of nitrogens with one attached hydrogen (secondary N) is 1. The number of anilines is 1. The van der Waals surface area contributed by atoms with Crippen molar-refractivity contribution in [1.82, 2.24) is 4.90 Å². The molecule has 1 N–H and O–H groups in total. The number of rotatable bonds is 11. The zero-order valence-electron chi connectivity index (χ0n) is 18.1. The van der Waals surface area contributed by atoms with E-state index >= 15 is 0 Å². The first-order chi connectivity index (χ1) is 15.5. The fourth-order valence-corrected chi connectivity index (χ4v) is 3.29. The minimum Gasteiger partial charge on any atom is -0.494 e. The van der Waals surface area contributed by atoms with Crippen LogP contribution in [0.25, 0.3) is 5.57 Å². The van der Waals surface area contributed by atoms with Gasteiger partial charge in [0.1, 0.15) is 11.4 Å². The lowest BCUT2D eigenvalue weighted by Crippen LogP contribution is -2.34. The van der Waals surface area contributed by atoms with Crippen molar-refractivity contribution >= 4 is 23.1 Å². The largest absolute Gasteiger partial charge is 0.494 e. The summed E-state index contributed by atoms with van der Waals surface area (Å²) in [5, 5.41) is 2.82. The van der Waals surface area contributed by atoms with Crippen LogP contribution in [0, 0.1) is 11.6 Å². The Morgan fingerprint density at radius 1 is 0.938 bits per heavy atom. The molecule has 2 aromatic carbocycles. The molecule has 0 bridgehead atoms. The molecule has 32 heavy (non-hydrogen) atoms. The molecule has 0 radical (unpaired) electrons. The number of imide groups is 1. The second-order valence-corrected chi connectivity index (χ2v) is 7.19. The Labute approximate surface area is 185 Å². The SMILES string of the molecule is CCCOc1ccc(C2=C(Nc3ccc(F)c(F)c3)C(=O)N(CCCOCC)C2=O)cc1. The summed E-state index contributed by atoms with van der Waals surface area (Å²) in [6, 6.07) is 10.0. The van der Waals surface area contributed by atoms with Crippen molar-refractivity contribution < 1.29 is 27.8 Å². The summed E-state index contributed by atoms with van der Waals surface area (Å²) in [6.45, 7) is 5.57. The van der Waals surface area contributed by atoms with E-state index in [0.29, 0.717) is 37.6 Å². The highest BCUT2D eigenvalue weighted by molar-refractivity contribution is 6.36. The standard InChI is InChI=1S/C24H26F2N2O4/c1-3-13-32-18-9-6-16(7-10-18)21-22(27-17-8-11-19(25)20(26)15-17)24(30)28(23(21)29)12-5-14-31-4-2/h6-11,15,27H,3-5,12-14H2,1-2H3. The molecular formula is C24H26F2N2O4. The summed E-state index contributed by atoms with van der Waals surface area (Å²) in [4.78, 5) is 27.4. The number of carbonyl (C=O) groups is 2. The first-order valence-corrected chi connectivity index (χ1v) is 10.6. The molecule has 0 saturated heterocycles. The molecule has 3 rings (SSSR count). The Kier molecular flexibility index (Phi) is 7.94. The molecule has 0 unspecified atom stereocenters. The van der Waals surface area contributed by atoms with Gasteiger partial charge in [0.2, 0.25) is 0 Å². The molecule has 0 fully saturated rings. The lowest BCUT2D eigenvalue weighted by molar-refractivity contribution is -0.137. The van der Waals surface area contributed by atoms with Crippen LogP contribution in [0.5, 0.6) is 5.75 Å². The number of hydrogen-bond acceptors (Lipinski definition) is 5. The van der Waals surface area contributed by atoms with Crippen LogP contribution < -0.4 is 10.1 Å². The van der Waals surface area contributed by atoms with Crippen LogP contribution in [0.2, 0.25) is 0 Å². The van der Waals surface area contributed by atoms with E-state index in [0.717, 1.165) is 23.5 Å². The summed E-state index contributed by atoms with van der Waals surface area (Å²) in [7, 11) is 0. The monoisotopic (exact) mass is 444 g/mol. The van der Waals surface area contributed by atoms with Gasteiger partial charge in [0, 0.05) is 31.5 Å². The molecule has 6 nitrogen and oxygen atoms in total. The molecule has 2 amide bonds. The van der Waals surface area contributed by atoms with Gasteiger partial charge in [0.15, 0.2) is 11.6 Å². The minimum atomic E-state index is -1.06. The van der Waals surface area contributed by atoms with Crippen molar-refractivity contribution in [3.05, 3.63) is 65.4 Å². The molecule has 1 aliphatic rings. The van der Waals surface area contributed by atoms with Crippen molar-refractivity contribution in [3.8, 4) is 5.75 Å². The van der Waals surface area contributed by atoms with Gasteiger partial charge in [-0.25, -0.2) is 8.78 Å². The van der Waals surface area contributed by atoms with Crippen molar-refractivity contribution in [2.75, 3.05) is 31.7 Å². The van der Waals surface area contributed by atoms with E-state index in [1.807, 2.05) is 13.8 Å². The van der Waals surface area contributed by atoms with Gasteiger partial charge >= 0.3 is 0 Å². The lowest BCUT2D eigenvalue weighted by atomic mass is 10.0. The Hall–Kier alpha value is -3.26.